The molecule has 2 N–H and O–H groups in total. The van der Waals surface area contributed by atoms with Crippen molar-refractivity contribution in [3.63, 3.8) is 0 Å². The number of rotatable bonds is 2. The molecule has 0 bridgehead atoms. The van der Waals surface area contributed by atoms with Gasteiger partial charge in [0.1, 0.15) is 5.65 Å². The van der Waals surface area contributed by atoms with Gasteiger partial charge >= 0.3 is 5.97 Å². The first-order valence-electron chi connectivity index (χ1n) is 4.10. The summed E-state index contributed by atoms with van der Waals surface area (Å²) in [6, 6.07) is 3.64. The number of carboxylic acid groups (broad SMARTS) is 1. The summed E-state index contributed by atoms with van der Waals surface area (Å²) in [4.78, 5) is 17.4. The van der Waals surface area contributed by atoms with Crippen molar-refractivity contribution in [1.29, 1.82) is 0 Å². The number of fused-ring (bicyclic) bond motifs is 1. The number of nitrogens with one attached hydrogen (secondary N) is 1. The molecule has 0 fully saturated rings. The van der Waals surface area contributed by atoms with E-state index in [4.69, 9.17) is 5.11 Å². The van der Waals surface area contributed by atoms with Crippen LogP contribution in [0.3, 0.4) is 0 Å². The van der Waals surface area contributed by atoms with Gasteiger partial charge in [0.05, 0.1) is 0 Å². The van der Waals surface area contributed by atoms with E-state index < -0.39 is 5.97 Å². The molecule has 0 spiro atoms. The number of carbonyl (C=O) groups is 1. The highest BCUT2D eigenvalue weighted by atomic mass is 16.4. The fourth-order valence-electron chi connectivity index (χ4n) is 1.29. The third-order valence-electron chi connectivity index (χ3n) is 1.90. The Morgan fingerprint density at radius 3 is 3.14 bits per heavy atom. The van der Waals surface area contributed by atoms with Crippen LogP contribution in [0.4, 0.5) is 0 Å². The van der Waals surface area contributed by atoms with Gasteiger partial charge in [0.15, 0.2) is 0 Å². The number of aliphatic carboxylic acids is 1. The number of aromatic nitrogens is 2. The van der Waals surface area contributed by atoms with E-state index in [0.29, 0.717) is 0 Å². The minimum Gasteiger partial charge on any atom is -0.478 e. The number of pyridine rings is 1. The van der Waals surface area contributed by atoms with Crippen molar-refractivity contribution in [3.8, 4) is 0 Å². The standard InChI is InChI=1S/C10H8N2O2/c13-9(14)2-1-7-3-5-11-10-8(7)4-6-12-10/h1-6H,(H,11,12)(H,13,14)/b2-1+. The summed E-state index contributed by atoms with van der Waals surface area (Å²) in [6.07, 6.45) is 6.08. The summed E-state index contributed by atoms with van der Waals surface area (Å²) in [5.41, 5.74) is 1.61. The van der Waals surface area contributed by atoms with E-state index in [1.807, 2.05) is 6.07 Å². The van der Waals surface area contributed by atoms with E-state index in [0.717, 1.165) is 22.7 Å². The Bertz CT molecular complexity index is 500. The molecule has 2 aromatic rings. The summed E-state index contributed by atoms with van der Waals surface area (Å²) in [6.45, 7) is 0. The maximum Gasteiger partial charge on any atom is 0.328 e. The molecule has 0 aromatic carbocycles. The van der Waals surface area contributed by atoms with Gasteiger partial charge in [-0.05, 0) is 23.8 Å². The van der Waals surface area contributed by atoms with E-state index in [2.05, 4.69) is 9.97 Å². The van der Waals surface area contributed by atoms with E-state index in [-0.39, 0.29) is 0 Å². The first-order chi connectivity index (χ1) is 6.77. The third kappa shape index (κ3) is 1.50. The molecule has 0 aliphatic carbocycles. The molecule has 0 saturated heterocycles. The Balaban J connectivity index is 2.51. The van der Waals surface area contributed by atoms with Crippen LogP contribution in [0.15, 0.2) is 30.6 Å². The molecule has 2 aromatic heterocycles. The topological polar surface area (TPSA) is 66.0 Å². The van der Waals surface area contributed by atoms with Gasteiger partial charge in [-0.1, -0.05) is 0 Å². The predicted molar refractivity (Wildman–Crippen MR) is 52.8 cm³/mol. The molecule has 14 heavy (non-hydrogen) atoms. The van der Waals surface area contributed by atoms with E-state index in [1.165, 1.54) is 0 Å². The highest BCUT2D eigenvalue weighted by molar-refractivity contribution is 5.91. The Morgan fingerprint density at radius 1 is 1.50 bits per heavy atom. The molecule has 70 valence electrons. The van der Waals surface area contributed by atoms with E-state index >= 15 is 0 Å². The molecule has 0 aliphatic heterocycles. The monoisotopic (exact) mass is 188 g/mol. The second-order valence-electron chi connectivity index (χ2n) is 2.81. The van der Waals surface area contributed by atoms with Crippen LogP contribution in [0.1, 0.15) is 5.56 Å². The molecular formula is C10H8N2O2. The first kappa shape index (κ1) is 8.50. The zero-order chi connectivity index (χ0) is 9.97. The Morgan fingerprint density at radius 2 is 2.36 bits per heavy atom. The number of hydrogen-bond acceptors (Lipinski definition) is 2. The lowest BCUT2D eigenvalue weighted by Crippen LogP contribution is -1.86. The summed E-state index contributed by atoms with van der Waals surface area (Å²) < 4.78 is 0. The zero-order valence-corrected chi connectivity index (χ0v) is 7.27. The van der Waals surface area contributed by atoms with Crippen LogP contribution in [0, 0.1) is 0 Å². The fraction of sp³-hybridized carbons (Fsp3) is 0. The molecule has 4 nitrogen and oxygen atoms in total. The van der Waals surface area contributed by atoms with Crippen LogP contribution in [0.25, 0.3) is 17.1 Å². The summed E-state index contributed by atoms with van der Waals surface area (Å²) in [7, 11) is 0. The maximum atomic E-state index is 10.3. The van der Waals surface area contributed by atoms with Gasteiger partial charge in [-0.25, -0.2) is 9.78 Å². The fourth-order valence-corrected chi connectivity index (χ4v) is 1.29. The second kappa shape index (κ2) is 3.33. The molecule has 0 aliphatic rings. The lowest BCUT2D eigenvalue weighted by molar-refractivity contribution is -0.131. The van der Waals surface area contributed by atoms with Crippen molar-refractivity contribution in [2.75, 3.05) is 0 Å². The number of aromatic amines is 1. The minimum atomic E-state index is -0.953. The molecule has 4 heteroatoms. The average Bonchev–Trinajstić information content (AvgIpc) is 2.62. The summed E-state index contributed by atoms with van der Waals surface area (Å²) in [5.74, 6) is -0.953. The van der Waals surface area contributed by atoms with E-state index in [9.17, 15) is 4.79 Å². The van der Waals surface area contributed by atoms with Gasteiger partial charge in [-0.2, -0.15) is 0 Å². The van der Waals surface area contributed by atoms with Crippen LogP contribution < -0.4 is 0 Å². The third-order valence-corrected chi connectivity index (χ3v) is 1.90. The van der Waals surface area contributed by atoms with Crippen LogP contribution in [0.5, 0.6) is 0 Å². The normalized spacial score (nSPS) is 11.1. The van der Waals surface area contributed by atoms with Gasteiger partial charge in [-0.15, -0.1) is 0 Å². The second-order valence-corrected chi connectivity index (χ2v) is 2.81. The van der Waals surface area contributed by atoms with Gasteiger partial charge in [0.2, 0.25) is 0 Å². The Labute approximate surface area is 79.9 Å². The summed E-state index contributed by atoms with van der Waals surface area (Å²) >= 11 is 0. The quantitative estimate of drug-likeness (QED) is 0.704. The predicted octanol–water partition coefficient (Wildman–Crippen LogP) is 1.66. The number of hydrogen-bond donors (Lipinski definition) is 2. The molecule has 2 rings (SSSR count). The van der Waals surface area contributed by atoms with Crippen LogP contribution in [-0.4, -0.2) is 21.0 Å². The van der Waals surface area contributed by atoms with Crippen molar-refractivity contribution in [2.45, 2.75) is 0 Å². The maximum absolute atomic E-state index is 10.3. The van der Waals surface area contributed by atoms with Crippen molar-refractivity contribution >= 4 is 23.1 Å². The SMILES string of the molecule is O=C(O)/C=C/c1ccnc2[nH]ccc12. The molecular weight excluding hydrogens is 180 g/mol. The number of carboxylic acids is 1. The largest absolute Gasteiger partial charge is 0.478 e. The van der Waals surface area contributed by atoms with Crippen molar-refractivity contribution in [2.24, 2.45) is 0 Å². The van der Waals surface area contributed by atoms with Gasteiger partial charge < -0.3 is 10.1 Å². The highest BCUT2D eigenvalue weighted by Crippen LogP contribution is 2.16. The Hall–Kier alpha value is -2.10. The average molecular weight is 188 g/mol. The first-order valence-corrected chi connectivity index (χ1v) is 4.10. The smallest absolute Gasteiger partial charge is 0.328 e. The minimum absolute atomic E-state index is 0.762. The molecule has 0 unspecified atom stereocenters. The van der Waals surface area contributed by atoms with Gasteiger partial charge in [-0.3, -0.25) is 0 Å². The molecule has 0 atom stereocenters. The van der Waals surface area contributed by atoms with E-state index in [1.54, 1.807) is 24.5 Å². The highest BCUT2D eigenvalue weighted by Gasteiger charge is 1.99. The van der Waals surface area contributed by atoms with Crippen molar-refractivity contribution in [3.05, 3.63) is 36.2 Å². The Kier molecular flexibility index (Phi) is 2.02. The molecule has 2 heterocycles. The van der Waals surface area contributed by atoms with Gasteiger partial charge in [0, 0.05) is 23.9 Å². The lowest BCUT2D eigenvalue weighted by atomic mass is 10.2. The summed E-state index contributed by atoms with van der Waals surface area (Å²) in [5, 5.41) is 9.41. The number of nitrogens with zero attached hydrogens (tertiary/aromatic N) is 1. The lowest BCUT2D eigenvalue weighted by Gasteiger charge is -1.94. The van der Waals surface area contributed by atoms with Crippen LogP contribution in [0.2, 0.25) is 0 Å². The van der Waals surface area contributed by atoms with Gasteiger partial charge in [0.25, 0.3) is 0 Å². The molecule has 0 amide bonds. The molecule has 0 radical (unpaired) electrons. The van der Waals surface area contributed by atoms with Crippen molar-refractivity contribution < 1.29 is 9.90 Å². The van der Waals surface area contributed by atoms with Crippen molar-refractivity contribution in [1.82, 2.24) is 9.97 Å². The molecule has 0 saturated carbocycles. The van der Waals surface area contributed by atoms with Crippen LogP contribution in [-0.2, 0) is 4.79 Å². The van der Waals surface area contributed by atoms with Crippen LogP contribution >= 0.6 is 0 Å². The number of H-pyrrole nitrogens is 1. The zero-order valence-electron chi connectivity index (χ0n) is 7.27.